The molecule has 3 aromatic rings. The molecule has 1 N–H and O–H groups in total. The van der Waals surface area contributed by atoms with Crippen LogP contribution in [0.5, 0.6) is 5.75 Å². The van der Waals surface area contributed by atoms with Crippen molar-refractivity contribution in [1.82, 2.24) is 15.1 Å². The molecular formula is C21H23N3O4. The highest BCUT2D eigenvalue weighted by atomic mass is 16.5. The van der Waals surface area contributed by atoms with E-state index in [1.54, 1.807) is 18.3 Å². The van der Waals surface area contributed by atoms with Crippen LogP contribution in [-0.4, -0.2) is 32.6 Å². The van der Waals surface area contributed by atoms with Gasteiger partial charge in [-0.15, -0.1) is 0 Å². The summed E-state index contributed by atoms with van der Waals surface area (Å²) in [4.78, 5) is 20.7. The van der Waals surface area contributed by atoms with Gasteiger partial charge in [0.15, 0.2) is 5.78 Å². The van der Waals surface area contributed by atoms with Crippen molar-refractivity contribution in [2.75, 3.05) is 6.61 Å². The molecule has 3 heterocycles. The molecule has 1 unspecified atom stereocenters. The minimum absolute atomic E-state index is 0.000125. The van der Waals surface area contributed by atoms with Gasteiger partial charge in [-0.3, -0.25) is 9.78 Å². The van der Waals surface area contributed by atoms with Gasteiger partial charge in [-0.1, -0.05) is 24.6 Å². The summed E-state index contributed by atoms with van der Waals surface area (Å²) in [6.07, 6.45) is 4.26. The molecule has 3 rings (SSSR count). The Morgan fingerprint density at radius 3 is 2.75 bits per heavy atom. The average molecular weight is 381 g/mol. The third-order valence-electron chi connectivity index (χ3n) is 4.61. The van der Waals surface area contributed by atoms with Crippen molar-refractivity contribution in [2.45, 2.75) is 33.3 Å². The Balaban J connectivity index is 1.66. The first kappa shape index (κ1) is 19.7. The molecule has 0 aliphatic carbocycles. The molecule has 0 fully saturated rings. The van der Waals surface area contributed by atoms with Gasteiger partial charge >= 0.3 is 0 Å². The molecule has 0 aromatic carbocycles. The summed E-state index contributed by atoms with van der Waals surface area (Å²) in [5, 5.41) is 13.3. The standard InChI is InChI=1S/C21H23N3O4/c1-3-15(12-25)10-20(26)18-8-7-16(11-23-18)27-13-17-14(2)28-24-21(17)19-6-4-5-9-22-19/h4-9,11,15,25H,3,10,12-13H2,1-2H3. The average Bonchev–Trinajstić information content (AvgIpc) is 3.11. The molecule has 0 saturated carbocycles. The van der Waals surface area contributed by atoms with Crippen molar-refractivity contribution >= 4 is 5.78 Å². The number of hydrogen-bond acceptors (Lipinski definition) is 7. The molecule has 28 heavy (non-hydrogen) atoms. The van der Waals surface area contributed by atoms with E-state index in [0.717, 1.165) is 12.0 Å². The molecule has 0 radical (unpaired) electrons. The fourth-order valence-corrected chi connectivity index (χ4v) is 2.76. The highest BCUT2D eigenvalue weighted by Crippen LogP contribution is 2.25. The molecule has 0 bridgehead atoms. The summed E-state index contributed by atoms with van der Waals surface area (Å²) < 4.78 is 11.1. The van der Waals surface area contributed by atoms with Crippen LogP contribution in [0.3, 0.4) is 0 Å². The van der Waals surface area contributed by atoms with E-state index in [0.29, 0.717) is 28.6 Å². The number of carbonyl (C=O) groups is 1. The molecule has 7 nitrogen and oxygen atoms in total. The van der Waals surface area contributed by atoms with Gasteiger partial charge in [0, 0.05) is 19.2 Å². The van der Waals surface area contributed by atoms with E-state index in [9.17, 15) is 9.90 Å². The second-order valence-electron chi connectivity index (χ2n) is 6.53. The number of nitrogens with zero attached hydrogens (tertiary/aromatic N) is 3. The van der Waals surface area contributed by atoms with Crippen molar-refractivity contribution in [2.24, 2.45) is 5.92 Å². The van der Waals surface area contributed by atoms with Crippen molar-refractivity contribution in [3.63, 3.8) is 0 Å². The highest BCUT2D eigenvalue weighted by molar-refractivity contribution is 5.94. The summed E-state index contributed by atoms with van der Waals surface area (Å²) in [5.41, 5.74) is 2.54. The Kier molecular flexibility index (Phi) is 6.49. The van der Waals surface area contributed by atoms with E-state index >= 15 is 0 Å². The first-order valence-electron chi connectivity index (χ1n) is 9.21. The third kappa shape index (κ3) is 4.61. The van der Waals surface area contributed by atoms with E-state index in [-0.39, 0.29) is 31.3 Å². The van der Waals surface area contributed by atoms with Crippen molar-refractivity contribution in [1.29, 1.82) is 0 Å². The first-order valence-corrected chi connectivity index (χ1v) is 9.21. The van der Waals surface area contributed by atoms with Crippen LogP contribution in [0.25, 0.3) is 11.4 Å². The fraction of sp³-hybridized carbons (Fsp3) is 0.333. The minimum Gasteiger partial charge on any atom is -0.487 e. The maximum absolute atomic E-state index is 12.2. The predicted molar refractivity (Wildman–Crippen MR) is 103 cm³/mol. The number of rotatable bonds is 9. The van der Waals surface area contributed by atoms with Crippen LogP contribution in [0.1, 0.15) is 41.6 Å². The van der Waals surface area contributed by atoms with E-state index in [4.69, 9.17) is 9.26 Å². The van der Waals surface area contributed by atoms with Crippen LogP contribution in [0.15, 0.2) is 47.2 Å². The Labute approximate surface area is 163 Å². The quantitative estimate of drug-likeness (QED) is 0.565. The first-order chi connectivity index (χ1) is 13.6. The Morgan fingerprint density at radius 2 is 2.11 bits per heavy atom. The largest absolute Gasteiger partial charge is 0.487 e. The van der Waals surface area contributed by atoms with Gasteiger partial charge < -0.3 is 14.4 Å². The lowest BCUT2D eigenvalue weighted by Crippen LogP contribution is -2.12. The third-order valence-corrected chi connectivity index (χ3v) is 4.61. The van der Waals surface area contributed by atoms with Crippen molar-refractivity contribution in [3.8, 4) is 17.1 Å². The van der Waals surface area contributed by atoms with Crippen LogP contribution < -0.4 is 4.74 Å². The van der Waals surface area contributed by atoms with E-state index in [1.807, 2.05) is 32.0 Å². The number of hydrogen-bond donors (Lipinski definition) is 1. The summed E-state index contributed by atoms with van der Waals surface area (Å²) in [6, 6.07) is 8.94. The van der Waals surface area contributed by atoms with Gasteiger partial charge in [0.05, 0.1) is 17.5 Å². The smallest absolute Gasteiger partial charge is 0.181 e. The predicted octanol–water partition coefficient (Wildman–Crippen LogP) is 3.61. The van der Waals surface area contributed by atoms with Gasteiger partial charge in [-0.2, -0.15) is 0 Å². The summed E-state index contributed by atoms with van der Waals surface area (Å²) in [5.74, 6) is 1.08. The van der Waals surface area contributed by atoms with Gasteiger partial charge in [0.25, 0.3) is 0 Å². The monoisotopic (exact) mass is 381 g/mol. The summed E-state index contributed by atoms with van der Waals surface area (Å²) >= 11 is 0. The molecule has 3 aromatic heterocycles. The van der Waals surface area contributed by atoms with Crippen LogP contribution in [0, 0.1) is 12.8 Å². The zero-order valence-corrected chi connectivity index (χ0v) is 16.0. The maximum Gasteiger partial charge on any atom is 0.181 e. The number of ether oxygens (including phenoxy) is 1. The van der Waals surface area contributed by atoms with Gasteiger partial charge in [-0.25, -0.2) is 4.98 Å². The minimum atomic E-state index is -0.0835. The number of ketones is 1. The molecule has 146 valence electrons. The SMILES string of the molecule is CCC(CO)CC(=O)c1ccc(OCc2c(-c3ccccn3)noc2C)cn1. The number of aromatic nitrogens is 3. The van der Waals surface area contributed by atoms with E-state index in [2.05, 4.69) is 15.1 Å². The lowest BCUT2D eigenvalue weighted by Gasteiger charge is -2.10. The lowest BCUT2D eigenvalue weighted by molar-refractivity contribution is 0.0929. The topological polar surface area (TPSA) is 98.3 Å². The Hall–Kier alpha value is -3.06. The van der Waals surface area contributed by atoms with Gasteiger partial charge in [0.1, 0.15) is 29.5 Å². The number of aliphatic hydroxyl groups excluding tert-OH is 1. The number of aliphatic hydroxyl groups is 1. The van der Waals surface area contributed by atoms with Crippen LogP contribution >= 0.6 is 0 Å². The number of pyridine rings is 2. The normalized spacial score (nSPS) is 12.0. The second kappa shape index (κ2) is 9.23. The summed E-state index contributed by atoms with van der Waals surface area (Å²) in [6.45, 7) is 4.02. The van der Waals surface area contributed by atoms with Crippen molar-refractivity contribution < 1.29 is 19.2 Å². The molecule has 0 aliphatic rings. The van der Waals surface area contributed by atoms with Crippen molar-refractivity contribution in [3.05, 3.63) is 59.7 Å². The number of aryl methyl sites for hydroxylation is 1. The van der Waals surface area contributed by atoms with Crippen LogP contribution in [-0.2, 0) is 6.61 Å². The Morgan fingerprint density at radius 1 is 1.25 bits per heavy atom. The van der Waals surface area contributed by atoms with E-state index < -0.39 is 0 Å². The highest BCUT2D eigenvalue weighted by Gasteiger charge is 2.17. The van der Waals surface area contributed by atoms with Gasteiger partial charge in [0.2, 0.25) is 0 Å². The number of Topliss-reactive ketones (excluding diaryl/α,β-unsaturated/α-hetero) is 1. The van der Waals surface area contributed by atoms with Crippen LogP contribution in [0.4, 0.5) is 0 Å². The van der Waals surface area contributed by atoms with Gasteiger partial charge in [-0.05, 0) is 37.1 Å². The molecule has 0 spiro atoms. The fourth-order valence-electron chi connectivity index (χ4n) is 2.76. The number of carbonyl (C=O) groups excluding carboxylic acids is 1. The molecular weight excluding hydrogens is 358 g/mol. The lowest BCUT2D eigenvalue weighted by atomic mass is 9.99. The van der Waals surface area contributed by atoms with Crippen LogP contribution in [0.2, 0.25) is 0 Å². The molecule has 0 amide bonds. The van der Waals surface area contributed by atoms with E-state index in [1.165, 1.54) is 6.20 Å². The Bertz CT molecular complexity index is 903. The molecule has 7 heteroatoms. The molecule has 1 atom stereocenters. The zero-order chi connectivity index (χ0) is 19.9. The molecule has 0 saturated heterocycles. The molecule has 0 aliphatic heterocycles. The second-order valence-corrected chi connectivity index (χ2v) is 6.53. The summed E-state index contributed by atoms with van der Waals surface area (Å²) in [7, 11) is 0. The maximum atomic E-state index is 12.2. The zero-order valence-electron chi connectivity index (χ0n) is 16.0.